The first-order valence-corrected chi connectivity index (χ1v) is 8.39. The second-order valence-corrected chi connectivity index (χ2v) is 7.22. The first-order chi connectivity index (χ1) is 9.46. The fourth-order valence-electron chi connectivity index (χ4n) is 2.63. The van der Waals surface area contributed by atoms with Gasteiger partial charge >= 0.3 is 10.2 Å². The lowest BCUT2D eigenvalue weighted by molar-refractivity contribution is 0.257. The van der Waals surface area contributed by atoms with Gasteiger partial charge in [0, 0.05) is 26.2 Å². The highest BCUT2D eigenvalue weighted by Crippen LogP contribution is 2.25. The molecule has 0 aliphatic carbocycles. The van der Waals surface area contributed by atoms with Crippen LogP contribution in [0.4, 0.5) is 5.69 Å². The molecule has 2 N–H and O–H groups in total. The molecule has 1 saturated heterocycles. The van der Waals surface area contributed by atoms with Gasteiger partial charge in [-0.3, -0.25) is 4.31 Å². The molecule has 0 bridgehead atoms. The van der Waals surface area contributed by atoms with Crippen LogP contribution in [0.15, 0.2) is 24.3 Å². The number of hydrogen-bond donors (Lipinski definition) is 1. The summed E-state index contributed by atoms with van der Waals surface area (Å²) in [5, 5.41) is 0. The Morgan fingerprint density at radius 3 is 2.80 bits per heavy atom. The summed E-state index contributed by atoms with van der Waals surface area (Å²) in [5.41, 5.74) is 7.46. The standard InChI is InChI=1S/C14H23N3O2S/c1-12-6-5-8-13(10-12)16(2)20(18,19)17-9-4-3-7-14(17)11-15/h5-6,8,10,14H,3-4,7,9,11,15H2,1-2H3. The van der Waals surface area contributed by atoms with Gasteiger partial charge in [-0.1, -0.05) is 18.6 Å². The van der Waals surface area contributed by atoms with Crippen molar-refractivity contribution in [3.05, 3.63) is 29.8 Å². The van der Waals surface area contributed by atoms with E-state index in [9.17, 15) is 8.42 Å². The zero-order valence-electron chi connectivity index (χ0n) is 12.1. The molecule has 0 amide bonds. The number of nitrogens with two attached hydrogens (primary N) is 1. The zero-order valence-corrected chi connectivity index (χ0v) is 12.9. The van der Waals surface area contributed by atoms with Crippen molar-refractivity contribution in [2.24, 2.45) is 5.73 Å². The van der Waals surface area contributed by atoms with Crippen LogP contribution in [0.25, 0.3) is 0 Å². The number of anilines is 1. The Kier molecular flexibility index (Phi) is 4.67. The molecular weight excluding hydrogens is 274 g/mol. The third-order valence-corrected chi connectivity index (χ3v) is 5.83. The molecule has 1 aromatic rings. The Morgan fingerprint density at radius 2 is 2.15 bits per heavy atom. The van der Waals surface area contributed by atoms with Crippen LogP contribution in [0.5, 0.6) is 0 Å². The van der Waals surface area contributed by atoms with Crippen molar-refractivity contribution in [3.8, 4) is 0 Å². The van der Waals surface area contributed by atoms with E-state index < -0.39 is 10.2 Å². The molecule has 2 rings (SSSR count). The number of piperidine rings is 1. The highest BCUT2D eigenvalue weighted by atomic mass is 32.2. The van der Waals surface area contributed by atoms with E-state index in [-0.39, 0.29) is 6.04 Å². The molecular formula is C14H23N3O2S. The quantitative estimate of drug-likeness (QED) is 0.915. The van der Waals surface area contributed by atoms with Crippen LogP contribution in [0, 0.1) is 6.92 Å². The predicted octanol–water partition coefficient (Wildman–Crippen LogP) is 1.49. The van der Waals surface area contributed by atoms with Crippen molar-refractivity contribution >= 4 is 15.9 Å². The second-order valence-electron chi connectivity index (χ2n) is 5.31. The molecule has 5 nitrogen and oxygen atoms in total. The Morgan fingerprint density at radius 1 is 1.40 bits per heavy atom. The summed E-state index contributed by atoms with van der Waals surface area (Å²) in [4.78, 5) is 0. The van der Waals surface area contributed by atoms with E-state index in [1.807, 2.05) is 31.2 Å². The minimum absolute atomic E-state index is 0.0824. The first kappa shape index (κ1) is 15.3. The number of benzene rings is 1. The summed E-state index contributed by atoms with van der Waals surface area (Å²) in [6, 6.07) is 7.42. The molecule has 0 saturated carbocycles. The fraction of sp³-hybridized carbons (Fsp3) is 0.571. The summed E-state index contributed by atoms with van der Waals surface area (Å²) in [5.74, 6) is 0. The van der Waals surface area contributed by atoms with Gasteiger partial charge in [0.25, 0.3) is 0 Å². The largest absolute Gasteiger partial charge is 0.329 e. The van der Waals surface area contributed by atoms with E-state index in [0.29, 0.717) is 18.8 Å². The van der Waals surface area contributed by atoms with Crippen LogP contribution in [0.2, 0.25) is 0 Å². The third-order valence-electron chi connectivity index (χ3n) is 3.85. The van der Waals surface area contributed by atoms with Gasteiger partial charge in [0.1, 0.15) is 0 Å². The molecule has 0 spiro atoms. The molecule has 0 aromatic heterocycles. The van der Waals surface area contributed by atoms with Crippen molar-refractivity contribution in [2.45, 2.75) is 32.2 Å². The number of rotatable bonds is 4. The first-order valence-electron chi connectivity index (χ1n) is 6.99. The summed E-state index contributed by atoms with van der Waals surface area (Å²) < 4.78 is 28.4. The van der Waals surface area contributed by atoms with E-state index in [1.54, 1.807) is 11.4 Å². The highest BCUT2D eigenvalue weighted by Gasteiger charge is 2.34. The molecule has 1 fully saturated rings. The van der Waals surface area contributed by atoms with Gasteiger partial charge in [0.2, 0.25) is 0 Å². The molecule has 1 atom stereocenters. The Balaban J connectivity index is 2.29. The average molecular weight is 297 g/mol. The SMILES string of the molecule is Cc1cccc(N(C)S(=O)(=O)N2CCCCC2CN)c1. The minimum Gasteiger partial charge on any atom is -0.329 e. The van der Waals surface area contributed by atoms with Gasteiger partial charge in [-0.2, -0.15) is 12.7 Å². The smallest absolute Gasteiger partial charge is 0.304 e. The van der Waals surface area contributed by atoms with Crippen molar-refractivity contribution in [1.29, 1.82) is 0 Å². The Labute approximate surface area is 121 Å². The van der Waals surface area contributed by atoms with E-state index in [0.717, 1.165) is 24.8 Å². The maximum absolute atomic E-state index is 12.8. The van der Waals surface area contributed by atoms with Crippen LogP contribution in [-0.2, 0) is 10.2 Å². The molecule has 20 heavy (non-hydrogen) atoms. The van der Waals surface area contributed by atoms with E-state index in [4.69, 9.17) is 5.73 Å². The minimum atomic E-state index is -3.51. The van der Waals surface area contributed by atoms with Crippen LogP contribution < -0.4 is 10.0 Å². The van der Waals surface area contributed by atoms with Gasteiger partial charge in [0.15, 0.2) is 0 Å². The number of aryl methyl sites for hydroxylation is 1. The Bertz CT molecular complexity index is 559. The van der Waals surface area contributed by atoms with E-state index >= 15 is 0 Å². The summed E-state index contributed by atoms with van der Waals surface area (Å²) in [6.07, 6.45) is 2.79. The van der Waals surface area contributed by atoms with Crippen molar-refractivity contribution in [2.75, 3.05) is 24.4 Å². The summed E-state index contributed by atoms with van der Waals surface area (Å²) in [6.45, 7) is 2.88. The second kappa shape index (κ2) is 6.11. The normalized spacial score (nSPS) is 20.9. The fourth-order valence-corrected chi connectivity index (χ4v) is 4.25. The molecule has 112 valence electrons. The monoisotopic (exact) mass is 297 g/mol. The lowest BCUT2D eigenvalue weighted by Crippen LogP contribution is -2.52. The average Bonchev–Trinajstić information content (AvgIpc) is 2.46. The molecule has 1 aliphatic heterocycles. The van der Waals surface area contributed by atoms with Gasteiger partial charge < -0.3 is 5.73 Å². The van der Waals surface area contributed by atoms with E-state index in [1.165, 1.54) is 4.31 Å². The van der Waals surface area contributed by atoms with Crippen molar-refractivity contribution < 1.29 is 8.42 Å². The van der Waals surface area contributed by atoms with Gasteiger partial charge in [-0.05, 0) is 37.5 Å². The molecule has 1 unspecified atom stereocenters. The lowest BCUT2D eigenvalue weighted by atomic mass is 10.1. The number of hydrogen-bond acceptors (Lipinski definition) is 3. The van der Waals surface area contributed by atoms with Gasteiger partial charge in [-0.25, -0.2) is 0 Å². The summed E-state index contributed by atoms with van der Waals surface area (Å²) in [7, 11) is -1.90. The third kappa shape index (κ3) is 2.97. The Hall–Kier alpha value is -1.11. The maximum Gasteiger partial charge on any atom is 0.304 e. The summed E-state index contributed by atoms with van der Waals surface area (Å²) >= 11 is 0. The molecule has 0 radical (unpaired) electrons. The van der Waals surface area contributed by atoms with Crippen LogP contribution in [-0.4, -0.2) is 38.9 Å². The van der Waals surface area contributed by atoms with Crippen LogP contribution in [0.1, 0.15) is 24.8 Å². The van der Waals surface area contributed by atoms with Crippen molar-refractivity contribution in [1.82, 2.24) is 4.31 Å². The highest BCUT2D eigenvalue weighted by molar-refractivity contribution is 7.90. The van der Waals surface area contributed by atoms with Gasteiger partial charge in [0.05, 0.1) is 5.69 Å². The topological polar surface area (TPSA) is 66.6 Å². The molecule has 1 heterocycles. The van der Waals surface area contributed by atoms with Crippen LogP contribution in [0.3, 0.4) is 0 Å². The zero-order chi connectivity index (χ0) is 14.8. The number of nitrogens with zero attached hydrogens (tertiary/aromatic N) is 2. The predicted molar refractivity (Wildman–Crippen MR) is 81.9 cm³/mol. The maximum atomic E-state index is 12.8. The lowest BCUT2D eigenvalue weighted by Gasteiger charge is -2.37. The van der Waals surface area contributed by atoms with E-state index in [2.05, 4.69) is 0 Å². The molecule has 1 aromatic carbocycles. The van der Waals surface area contributed by atoms with Crippen molar-refractivity contribution in [3.63, 3.8) is 0 Å². The van der Waals surface area contributed by atoms with Crippen LogP contribution >= 0.6 is 0 Å². The van der Waals surface area contributed by atoms with Gasteiger partial charge in [-0.15, -0.1) is 0 Å². The molecule has 6 heteroatoms. The molecule has 1 aliphatic rings.